The van der Waals surface area contributed by atoms with Gasteiger partial charge in [-0.15, -0.1) is 0 Å². The van der Waals surface area contributed by atoms with Crippen LogP contribution in [-0.2, 0) is 12.6 Å². The first-order valence-electron chi connectivity index (χ1n) is 11.6. The number of para-hydroxylation sites is 1. The number of hydrogen-bond donors (Lipinski definition) is 1. The minimum atomic E-state index is -4.55. The molecule has 0 bridgehead atoms. The smallest absolute Gasteiger partial charge is 0.416 e. The number of benzene rings is 3. The van der Waals surface area contributed by atoms with Crippen LogP contribution < -0.4 is 0 Å². The van der Waals surface area contributed by atoms with Crippen LogP contribution in [-0.4, -0.2) is 16.1 Å². The minimum absolute atomic E-state index is 0.0850. The lowest BCUT2D eigenvalue weighted by Crippen LogP contribution is -2.17. The van der Waals surface area contributed by atoms with E-state index in [2.05, 4.69) is 6.92 Å². The van der Waals surface area contributed by atoms with Gasteiger partial charge in [0.25, 0.3) is 0 Å². The molecule has 0 saturated carbocycles. The summed E-state index contributed by atoms with van der Waals surface area (Å²) in [7, 11) is 0. The van der Waals surface area contributed by atoms with Gasteiger partial charge in [-0.05, 0) is 65.3 Å². The molecule has 1 heterocycles. The number of hydrogen-bond acceptors (Lipinski definition) is 2. The summed E-state index contributed by atoms with van der Waals surface area (Å²) in [5.41, 5.74) is 4.11. The second kappa shape index (κ2) is 9.51. The number of allylic oxidation sites excluding steroid dienone is 1. The number of carbonyl (C=O) groups is 1. The first kappa shape index (κ1) is 25.3. The van der Waals surface area contributed by atoms with Crippen molar-refractivity contribution in [2.45, 2.75) is 25.9 Å². The zero-order valence-corrected chi connectivity index (χ0v) is 21.0. The van der Waals surface area contributed by atoms with Gasteiger partial charge in [0.15, 0.2) is 0 Å². The van der Waals surface area contributed by atoms with Crippen molar-refractivity contribution in [1.29, 1.82) is 0 Å². The van der Waals surface area contributed by atoms with Crippen LogP contribution in [0.15, 0.2) is 60.7 Å². The Balaban J connectivity index is 1.57. The molecule has 8 heteroatoms. The van der Waals surface area contributed by atoms with E-state index in [4.69, 9.17) is 28.2 Å². The fourth-order valence-corrected chi connectivity index (χ4v) is 5.65. The van der Waals surface area contributed by atoms with Crippen molar-refractivity contribution in [3.8, 4) is 11.1 Å². The van der Waals surface area contributed by atoms with Crippen LogP contribution in [0.5, 0.6) is 0 Å². The SMILES string of the molecule is CC1C/C(=C\c2ccc(-c3c(Cl)cc(C(F)(F)F)cc3Cl)cc2)c2nc3ccccc3c(C(=O)O)c2C1. The Morgan fingerprint density at radius 1 is 1.03 bits per heavy atom. The van der Waals surface area contributed by atoms with Gasteiger partial charge in [0.1, 0.15) is 0 Å². The van der Waals surface area contributed by atoms with E-state index in [9.17, 15) is 23.1 Å². The summed E-state index contributed by atoms with van der Waals surface area (Å²) in [5.74, 6) is -0.748. The molecule has 188 valence electrons. The number of carboxylic acids is 1. The first-order valence-corrected chi connectivity index (χ1v) is 12.3. The van der Waals surface area contributed by atoms with E-state index < -0.39 is 17.7 Å². The summed E-state index contributed by atoms with van der Waals surface area (Å²) in [5, 5.41) is 10.5. The lowest BCUT2D eigenvalue weighted by Gasteiger charge is -2.26. The molecule has 4 aromatic rings. The third kappa shape index (κ3) is 4.83. The highest BCUT2D eigenvalue weighted by Gasteiger charge is 2.32. The number of carboxylic acid groups (broad SMARTS) is 1. The second-order valence-electron chi connectivity index (χ2n) is 9.25. The minimum Gasteiger partial charge on any atom is -0.478 e. The summed E-state index contributed by atoms with van der Waals surface area (Å²) >= 11 is 12.4. The van der Waals surface area contributed by atoms with Crippen molar-refractivity contribution in [3.05, 3.63) is 98.7 Å². The van der Waals surface area contributed by atoms with Crippen LogP contribution >= 0.6 is 23.2 Å². The average molecular weight is 542 g/mol. The first-order chi connectivity index (χ1) is 17.5. The molecular weight excluding hydrogens is 522 g/mol. The largest absolute Gasteiger partial charge is 0.478 e. The van der Waals surface area contributed by atoms with Gasteiger partial charge in [0.2, 0.25) is 0 Å². The van der Waals surface area contributed by atoms with Gasteiger partial charge < -0.3 is 5.11 Å². The monoisotopic (exact) mass is 541 g/mol. The summed E-state index contributed by atoms with van der Waals surface area (Å²) < 4.78 is 39.3. The number of aromatic nitrogens is 1. The molecule has 5 rings (SSSR count). The Kier molecular flexibility index (Phi) is 6.50. The maximum absolute atomic E-state index is 13.1. The van der Waals surface area contributed by atoms with Gasteiger partial charge in [0, 0.05) is 10.9 Å². The number of alkyl halides is 3. The molecular formula is C29H20Cl2F3NO2. The maximum atomic E-state index is 13.1. The molecule has 0 saturated heterocycles. The molecule has 37 heavy (non-hydrogen) atoms. The number of aromatic carboxylic acids is 1. The highest BCUT2D eigenvalue weighted by atomic mass is 35.5. The van der Waals surface area contributed by atoms with Gasteiger partial charge in [0.05, 0.1) is 32.4 Å². The van der Waals surface area contributed by atoms with Crippen molar-refractivity contribution >= 4 is 51.7 Å². The molecule has 0 fully saturated rings. The van der Waals surface area contributed by atoms with Crippen molar-refractivity contribution < 1.29 is 23.1 Å². The Hall–Kier alpha value is -3.35. The molecule has 1 N–H and O–H groups in total. The standard InChI is InChI=1S/C29H20Cl2F3NO2/c1-15-10-18(27-21(11-15)26(28(36)37)20-4-2-3-5-24(20)35-27)12-16-6-8-17(9-7-16)25-22(30)13-19(14-23(25)31)29(32,33)34/h2-9,12-15H,10-11H2,1H3,(H,36,37)/b18-12+. The van der Waals surface area contributed by atoms with Crippen molar-refractivity contribution in [2.75, 3.05) is 0 Å². The summed E-state index contributed by atoms with van der Waals surface area (Å²) in [6.45, 7) is 2.08. The number of fused-ring (bicyclic) bond motifs is 2. The molecule has 0 amide bonds. The third-order valence-corrected chi connectivity index (χ3v) is 7.14. The molecule has 0 spiro atoms. The lowest BCUT2D eigenvalue weighted by molar-refractivity contribution is -0.137. The lowest BCUT2D eigenvalue weighted by atomic mass is 9.80. The summed E-state index contributed by atoms with van der Waals surface area (Å²) in [6, 6.07) is 16.1. The van der Waals surface area contributed by atoms with Crippen LogP contribution in [0, 0.1) is 5.92 Å². The van der Waals surface area contributed by atoms with Crippen LogP contribution in [0.3, 0.4) is 0 Å². The summed E-state index contributed by atoms with van der Waals surface area (Å²) in [4.78, 5) is 17.1. The predicted molar refractivity (Wildman–Crippen MR) is 141 cm³/mol. The third-order valence-electron chi connectivity index (χ3n) is 6.54. The molecule has 1 atom stereocenters. The van der Waals surface area contributed by atoms with E-state index >= 15 is 0 Å². The molecule has 1 aliphatic carbocycles. The quantitative estimate of drug-likeness (QED) is 0.281. The summed E-state index contributed by atoms with van der Waals surface area (Å²) in [6.07, 6.45) is -1.22. The van der Waals surface area contributed by atoms with E-state index in [0.717, 1.165) is 35.3 Å². The normalized spacial score (nSPS) is 16.7. The van der Waals surface area contributed by atoms with Crippen LogP contribution in [0.25, 0.3) is 33.7 Å². The Morgan fingerprint density at radius 3 is 2.30 bits per heavy atom. The van der Waals surface area contributed by atoms with Crippen molar-refractivity contribution in [2.24, 2.45) is 5.92 Å². The number of halogens is 5. The molecule has 3 aromatic carbocycles. The van der Waals surface area contributed by atoms with E-state index in [-0.39, 0.29) is 16.0 Å². The van der Waals surface area contributed by atoms with Crippen LogP contribution in [0.4, 0.5) is 13.2 Å². The average Bonchev–Trinajstić information content (AvgIpc) is 2.82. The zero-order chi connectivity index (χ0) is 26.5. The van der Waals surface area contributed by atoms with E-state index in [1.54, 1.807) is 18.2 Å². The second-order valence-corrected chi connectivity index (χ2v) is 10.1. The Labute approximate surface area is 221 Å². The van der Waals surface area contributed by atoms with Gasteiger partial charge in [-0.25, -0.2) is 9.78 Å². The topological polar surface area (TPSA) is 50.2 Å². The molecule has 0 aliphatic heterocycles. The molecule has 1 aliphatic rings. The van der Waals surface area contributed by atoms with Gasteiger partial charge in [-0.1, -0.05) is 72.6 Å². The van der Waals surface area contributed by atoms with Crippen molar-refractivity contribution in [1.82, 2.24) is 4.98 Å². The zero-order valence-electron chi connectivity index (χ0n) is 19.5. The highest BCUT2D eigenvalue weighted by molar-refractivity contribution is 6.39. The number of rotatable bonds is 3. The Morgan fingerprint density at radius 2 is 1.68 bits per heavy atom. The molecule has 0 radical (unpaired) electrons. The molecule has 1 aromatic heterocycles. The van der Waals surface area contributed by atoms with Crippen molar-refractivity contribution in [3.63, 3.8) is 0 Å². The highest BCUT2D eigenvalue weighted by Crippen LogP contribution is 2.41. The fourth-order valence-electron chi connectivity index (χ4n) is 4.94. The van der Waals surface area contributed by atoms with Gasteiger partial charge in [-0.3, -0.25) is 0 Å². The predicted octanol–water partition coefficient (Wildman–Crippen LogP) is 9.05. The van der Waals surface area contributed by atoms with E-state index in [1.165, 1.54) is 0 Å². The number of nitrogens with zero attached hydrogens (tertiary/aromatic N) is 1. The Bertz CT molecular complexity index is 1550. The van der Waals surface area contributed by atoms with Gasteiger partial charge >= 0.3 is 12.1 Å². The molecule has 1 unspecified atom stereocenters. The van der Waals surface area contributed by atoms with Crippen LogP contribution in [0.2, 0.25) is 10.0 Å². The van der Waals surface area contributed by atoms with E-state index in [0.29, 0.717) is 39.7 Å². The molecule has 3 nitrogen and oxygen atoms in total. The van der Waals surface area contributed by atoms with Gasteiger partial charge in [-0.2, -0.15) is 13.2 Å². The van der Waals surface area contributed by atoms with E-state index in [1.807, 2.05) is 36.4 Å². The van der Waals surface area contributed by atoms with Crippen LogP contribution in [0.1, 0.15) is 46.1 Å². The fraction of sp³-hybridized carbons (Fsp3) is 0.172. The number of pyridine rings is 1. The maximum Gasteiger partial charge on any atom is 0.416 e.